The molecule has 0 radical (unpaired) electrons. The SMILES string of the molecule is CC1(C)CC(=O)C(F)=C(N2CCCC2)C1. The van der Waals surface area contributed by atoms with Crippen LogP contribution < -0.4 is 0 Å². The minimum atomic E-state index is -0.476. The van der Waals surface area contributed by atoms with E-state index in [9.17, 15) is 9.18 Å². The molecule has 0 unspecified atom stereocenters. The summed E-state index contributed by atoms with van der Waals surface area (Å²) in [7, 11) is 0. The van der Waals surface area contributed by atoms with Crippen LogP contribution in [0.5, 0.6) is 0 Å². The van der Waals surface area contributed by atoms with Crippen molar-refractivity contribution in [2.24, 2.45) is 5.41 Å². The van der Waals surface area contributed by atoms with Gasteiger partial charge in [0, 0.05) is 19.5 Å². The molecule has 0 N–H and O–H groups in total. The molecule has 0 aromatic rings. The van der Waals surface area contributed by atoms with Gasteiger partial charge in [-0.3, -0.25) is 4.79 Å². The molecule has 1 heterocycles. The van der Waals surface area contributed by atoms with Crippen LogP contribution in [-0.2, 0) is 4.79 Å². The van der Waals surface area contributed by atoms with Crippen LogP contribution >= 0.6 is 0 Å². The summed E-state index contributed by atoms with van der Waals surface area (Å²) in [5.41, 5.74) is 0.582. The van der Waals surface area contributed by atoms with E-state index in [1.807, 2.05) is 18.7 Å². The molecular weight excluding hydrogens is 193 g/mol. The van der Waals surface area contributed by atoms with Gasteiger partial charge in [-0.1, -0.05) is 13.8 Å². The number of ketones is 1. The van der Waals surface area contributed by atoms with E-state index in [0.717, 1.165) is 25.9 Å². The lowest BCUT2D eigenvalue weighted by molar-refractivity contribution is -0.119. The number of Topliss-reactive ketones (excluding diaryl/α,β-unsaturated/α-hetero) is 1. The van der Waals surface area contributed by atoms with Crippen molar-refractivity contribution in [3.63, 3.8) is 0 Å². The summed E-state index contributed by atoms with van der Waals surface area (Å²) >= 11 is 0. The van der Waals surface area contributed by atoms with Crippen LogP contribution in [0.1, 0.15) is 39.5 Å². The molecular formula is C12H18FNO. The lowest BCUT2D eigenvalue weighted by Crippen LogP contribution is -2.32. The fraction of sp³-hybridized carbons (Fsp3) is 0.750. The maximum Gasteiger partial charge on any atom is 0.193 e. The number of halogens is 1. The Morgan fingerprint density at radius 3 is 2.40 bits per heavy atom. The van der Waals surface area contributed by atoms with Crippen LogP contribution in [0.4, 0.5) is 4.39 Å². The summed E-state index contributed by atoms with van der Waals surface area (Å²) in [4.78, 5) is 13.6. The third-order valence-electron chi connectivity index (χ3n) is 3.27. The Kier molecular flexibility index (Phi) is 2.57. The maximum absolute atomic E-state index is 13.7. The molecule has 0 bridgehead atoms. The monoisotopic (exact) mass is 211 g/mol. The molecule has 0 saturated carbocycles. The summed E-state index contributed by atoms with van der Waals surface area (Å²) in [5, 5.41) is 0. The van der Waals surface area contributed by atoms with Crippen molar-refractivity contribution < 1.29 is 9.18 Å². The molecule has 1 fully saturated rings. The van der Waals surface area contributed by atoms with E-state index < -0.39 is 5.83 Å². The van der Waals surface area contributed by atoms with Gasteiger partial charge in [0.05, 0.1) is 5.70 Å². The van der Waals surface area contributed by atoms with E-state index in [2.05, 4.69) is 0 Å². The maximum atomic E-state index is 13.7. The standard InChI is InChI=1S/C12H18FNO/c1-12(2)7-9(11(13)10(15)8-12)14-5-3-4-6-14/h3-8H2,1-2H3. The molecule has 0 amide bonds. The lowest BCUT2D eigenvalue weighted by Gasteiger charge is -2.34. The first kappa shape index (κ1) is 10.7. The Hall–Kier alpha value is -0.860. The first-order valence-electron chi connectivity index (χ1n) is 5.66. The second kappa shape index (κ2) is 3.62. The van der Waals surface area contributed by atoms with Gasteiger partial charge in [-0.25, -0.2) is 4.39 Å². The number of rotatable bonds is 1. The van der Waals surface area contributed by atoms with E-state index in [-0.39, 0.29) is 11.2 Å². The van der Waals surface area contributed by atoms with E-state index in [0.29, 0.717) is 18.5 Å². The molecule has 2 aliphatic rings. The van der Waals surface area contributed by atoms with Crippen LogP contribution in [0, 0.1) is 5.41 Å². The number of carbonyl (C=O) groups excluding carboxylic acids is 1. The first-order valence-corrected chi connectivity index (χ1v) is 5.66. The van der Waals surface area contributed by atoms with Crippen LogP contribution in [0.25, 0.3) is 0 Å². The molecule has 0 spiro atoms. The van der Waals surface area contributed by atoms with Gasteiger partial charge >= 0.3 is 0 Å². The van der Waals surface area contributed by atoms with Crippen molar-refractivity contribution in [1.82, 2.24) is 4.90 Å². The summed E-state index contributed by atoms with van der Waals surface area (Å²) in [6, 6.07) is 0. The highest BCUT2D eigenvalue weighted by Crippen LogP contribution is 2.39. The highest BCUT2D eigenvalue weighted by molar-refractivity contribution is 5.95. The molecule has 0 aromatic carbocycles. The normalized spacial score (nSPS) is 26.3. The Bertz CT molecular complexity index is 314. The predicted octanol–water partition coefficient (Wildman–Crippen LogP) is 2.65. The molecule has 2 nitrogen and oxygen atoms in total. The fourth-order valence-electron chi connectivity index (χ4n) is 2.50. The zero-order valence-electron chi connectivity index (χ0n) is 9.48. The number of hydrogen-bond acceptors (Lipinski definition) is 2. The molecule has 84 valence electrons. The van der Waals surface area contributed by atoms with Crippen molar-refractivity contribution >= 4 is 5.78 Å². The minimum Gasteiger partial charge on any atom is -0.372 e. The molecule has 0 aromatic heterocycles. The van der Waals surface area contributed by atoms with Crippen molar-refractivity contribution in [3.05, 3.63) is 11.5 Å². The van der Waals surface area contributed by atoms with Gasteiger partial charge in [-0.2, -0.15) is 0 Å². The molecule has 3 heteroatoms. The number of allylic oxidation sites excluding steroid dienone is 2. The van der Waals surface area contributed by atoms with Gasteiger partial charge in [0.15, 0.2) is 11.6 Å². The van der Waals surface area contributed by atoms with Gasteiger partial charge in [-0.05, 0) is 24.7 Å². The molecule has 1 aliphatic carbocycles. The summed E-state index contributed by atoms with van der Waals surface area (Å²) in [5.74, 6) is -0.788. The Balaban J connectivity index is 2.26. The van der Waals surface area contributed by atoms with Gasteiger partial charge in [0.1, 0.15) is 0 Å². The predicted molar refractivity (Wildman–Crippen MR) is 57.0 cm³/mol. The number of carbonyl (C=O) groups is 1. The van der Waals surface area contributed by atoms with Crippen molar-refractivity contribution in [1.29, 1.82) is 0 Å². The highest BCUT2D eigenvalue weighted by Gasteiger charge is 2.36. The molecule has 0 atom stereocenters. The van der Waals surface area contributed by atoms with Crippen LogP contribution in [-0.4, -0.2) is 23.8 Å². The fourth-order valence-corrected chi connectivity index (χ4v) is 2.50. The topological polar surface area (TPSA) is 20.3 Å². The molecule has 1 saturated heterocycles. The summed E-state index contributed by atoms with van der Waals surface area (Å²) in [6.07, 6.45) is 3.28. The van der Waals surface area contributed by atoms with Crippen LogP contribution in [0.3, 0.4) is 0 Å². The number of likely N-dealkylation sites (tertiary alicyclic amines) is 1. The summed E-state index contributed by atoms with van der Waals surface area (Å²) < 4.78 is 13.7. The largest absolute Gasteiger partial charge is 0.372 e. The minimum absolute atomic E-state index is 0.0788. The average Bonchev–Trinajstić information content (AvgIpc) is 2.63. The second-order valence-corrected chi connectivity index (χ2v) is 5.40. The van der Waals surface area contributed by atoms with E-state index in [1.165, 1.54) is 0 Å². The van der Waals surface area contributed by atoms with Gasteiger partial charge in [0.2, 0.25) is 0 Å². The molecule has 2 rings (SSSR count). The van der Waals surface area contributed by atoms with Gasteiger partial charge < -0.3 is 4.90 Å². The van der Waals surface area contributed by atoms with Crippen LogP contribution in [0.15, 0.2) is 11.5 Å². The average molecular weight is 211 g/mol. The molecule has 1 aliphatic heterocycles. The third kappa shape index (κ3) is 2.06. The van der Waals surface area contributed by atoms with E-state index in [4.69, 9.17) is 0 Å². The number of hydrogen-bond donors (Lipinski definition) is 0. The zero-order chi connectivity index (χ0) is 11.1. The van der Waals surface area contributed by atoms with Crippen molar-refractivity contribution in [2.75, 3.05) is 13.1 Å². The third-order valence-corrected chi connectivity index (χ3v) is 3.27. The Labute approximate surface area is 90.1 Å². The molecule has 15 heavy (non-hydrogen) atoms. The first-order chi connectivity index (χ1) is 6.99. The van der Waals surface area contributed by atoms with Crippen LogP contribution in [0.2, 0.25) is 0 Å². The quantitative estimate of drug-likeness (QED) is 0.664. The van der Waals surface area contributed by atoms with Crippen molar-refractivity contribution in [2.45, 2.75) is 39.5 Å². The van der Waals surface area contributed by atoms with Crippen molar-refractivity contribution in [3.8, 4) is 0 Å². The second-order valence-electron chi connectivity index (χ2n) is 5.40. The highest BCUT2D eigenvalue weighted by atomic mass is 19.1. The Morgan fingerprint density at radius 2 is 1.80 bits per heavy atom. The lowest BCUT2D eigenvalue weighted by atomic mass is 9.78. The van der Waals surface area contributed by atoms with Gasteiger partial charge in [-0.15, -0.1) is 0 Å². The van der Waals surface area contributed by atoms with E-state index >= 15 is 0 Å². The number of nitrogens with zero attached hydrogens (tertiary/aromatic N) is 1. The Morgan fingerprint density at radius 1 is 1.20 bits per heavy atom. The smallest absolute Gasteiger partial charge is 0.193 e. The van der Waals surface area contributed by atoms with E-state index in [1.54, 1.807) is 0 Å². The zero-order valence-corrected chi connectivity index (χ0v) is 9.48. The summed E-state index contributed by atoms with van der Waals surface area (Å²) in [6.45, 7) is 5.89. The van der Waals surface area contributed by atoms with Gasteiger partial charge in [0.25, 0.3) is 0 Å².